The summed E-state index contributed by atoms with van der Waals surface area (Å²) in [4.78, 5) is 26.6. The Labute approximate surface area is 104 Å². The zero-order valence-electron chi connectivity index (χ0n) is 9.92. The average Bonchev–Trinajstić information content (AvgIpc) is 2.76. The monoisotopic (exact) mass is 250 g/mol. The van der Waals surface area contributed by atoms with Gasteiger partial charge in [0.1, 0.15) is 6.10 Å². The summed E-state index contributed by atoms with van der Waals surface area (Å²) in [5, 5.41) is 11.5. The number of nitrogens with one attached hydrogen (secondary N) is 1. The Balaban J connectivity index is 2.14. The smallest absolute Gasteiger partial charge is 0.356 e. The van der Waals surface area contributed by atoms with Crippen molar-refractivity contribution in [2.45, 2.75) is 19.4 Å². The molecule has 1 aliphatic heterocycles. The number of carboxylic acids is 1. The Kier molecular flexibility index (Phi) is 3.57. The number of carboxylic acid groups (broad SMARTS) is 1. The lowest BCUT2D eigenvalue weighted by molar-refractivity contribution is -0.126. The lowest BCUT2D eigenvalue weighted by Gasteiger charge is -2.15. The van der Waals surface area contributed by atoms with Gasteiger partial charge in [0.15, 0.2) is 5.69 Å². The summed E-state index contributed by atoms with van der Waals surface area (Å²) in [7, 11) is 0. The summed E-state index contributed by atoms with van der Waals surface area (Å²) in [6.07, 6.45) is 1.68. The summed E-state index contributed by atoms with van der Waals surface area (Å²) in [6.45, 7) is 2.48. The van der Waals surface area contributed by atoms with Gasteiger partial charge < -0.3 is 15.2 Å². The fourth-order valence-electron chi connectivity index (χ4n) is 1.91. The van der Waals surface area contributed by atoms with Crippen molar-refractivity contribution in [2.24, 2.45) is 5.92 Å². The number of aromatic carboxylic acids is 1. The number of pyridine rings is 1. The van der Waals surface area contributed by atoms with Crippen LogP contribution in [0.2, 0.25) is 0 Å². The maximum Gasteiger partial charge on any atom is 0.356 e. The molecule has 1 fully saturated rings. The van der Waals surface area contributed by atoms with E-state index in [0.29, 0.717) is 6.61 Å². The van der Waals surface area contributed by atoms with Crippen LogP contribution in [0.5, 0.6) is 0 Å². The molecule has 6 heteroatoms. The van der Waals surface area contributed by atoms with Gasteiger partial charge in [-0.15, -0.1) is 0 Å². The predicted octanol–water partition coefficient (Wildman–Crippen LogP) is 1.14. The van der Waals surface area contributed by atoms with E-state index in [1.807, 2.05) is 6.92 Å². The van der Waals surface area contributed by atoms with Gasteiger partial charge in [-0.2, -0.15) is 0 Å². The first-order chi connectivity index (χ1) is 8.59. The van der Waals surface area contributed by atoms with Crippen LogP contribution in [-0.2, 0) is 9.53 Å². The fourth-order valence-corrected chi connectivity index (χ4v) is 1.91. The van der Waals surface area contributed by atoms with Crippen LogP contribution < -0.4 is 5.32 Å². The lowest BCUT2D eigenvalue weighted by Crippen LogP contribution is -2.31. The van der Waals surface area contributed by atoms with Crippen molar-refractivity contribution in [2.75, 3.05) is 11.9 Å². The summed E-state index contributed by atoms with van der Waals surface area (Å²) in [5.41, 5.74) is 0.0224. The van der Waals surface area contributed by atoms with Crippen molar-refractivity contribution in [1.29, 1.82) is 0 Å². The highest BCUT2D eigenvalue weighted by Gasteiger charge is 2.31. The molecule has 0 saturated carbocycles. The summed E-state index contributed by atoms with van der Waals surface area (Å²) in [6, 6.07) is 3.08. The quantitative estimate of drug-likeness (QED) is 0.839. The number of hydrogen-bond acceptors (Lipinski definition) is 4. The van der Waals surface area contributed by atoms with Crippen LogP contribution >= 0.6 is 0 Å². The molecule has 1 saturated heterocycles. The molecule has 1 aromatic rings. The number of hydrogen-bond donors (Lipinski definition) is 2. The fraction of sp³-hybridized carbons (Fsp3) is 0.417. The Bertz CT molecular complexity index is 475. The summed E-state index contributed by atoms with van der Waals surface area (Å²) in [5.74, 6) is -1.36. The van der Waals surface area contributed by atoms with Crippen LogP contribution in [0.15, 0.2) is 18.3 Å². The minimum Gasteiger partial charge on any atom is -0.476 e. The van der Waals surface area contributed by atoms with E-state index in [1.54, 1.807) is 6.07 Å². The first-order valence-corrected chi connectivity index (χ1v) is 5.70. The molecule has 2 heterocycles. The zero-order valence-corrected chi connectivity index (χ0v) is 9.92. The highest BCUT2D eigenvalue weighted by atomic mass is 16.5. The number of ether oxygens (including phenoxy) is 1. The second-order valence-corrected chi connectivity index (χ2v) is 4.25. The molecule has 2 N–H and O–H groups in total. The number of nitrogens with zero attached hydrogens (tertiary/aromatic N) is 1. The molecule has 1 amide bonds. The van der Waals surface area contributed by atoms with Crippen molar-refractivity contribution in [3.05, 3.63) is 24.0 Å². The Hall–Kier alpha value is -1.95. The standard InChI is InChI=1S/C12H14N2O4/c1-7-4-6-18-10(7)11(15)14-8-3-2-5-13-9(8)12(16)17/h2-3,5,7,10H,4,6H2,1H3,(H,14,15)(H,16,17). The van der Waals surface area contributed by atoms with Gasteiger partial charge in [0, 0.05) is 12.8 Å². The van der Waals surface area contributed by atoms with Gasteiger partial charge >= 0.3 is 5.97 Å². The van der Waals surface area contributed by atoms with Gasteiger partial charge in [0.25, 0.3) is 5.91 Å². The molecule has 18 heavy (non-hydrogen) atoms. The zero-order chi connectivity index (χ0) is 13.1. The molecule has 0 aliphatic carbocycles. The van der Waals surface area contributed by atoms with Crippen LogP contribution in [0.4, 0.5) is 5.69 Å². The van der Waals surface area contributed by atoms with Crippen molar-refractivity contribution >= 4 is 17.6 Å². The average molecular weight is 250 g/mol. The van der Waals surface area contributed by atoms with Crippen molar-refractivity contribution in [3.8, 4) is 0 Å². The van der Waals surface area contributed by atoms with Gasteiger partial charge in [0.2, 0.25) is 0 Å². The summed E-state index contributed by atoms with van der Waals surface area (Å²) >= 11 is 0. The first-order valence-electron chi connectivity index (χ1n) is 5.70. The molecular formula is C12H14N2O4. The molecule has 0 bridgehead atoms. The highest BCUT2D eigenvalue weighted by molar-refractivity contribution is 6.00. The molecule has 0 aromatic carbocycles. The molecule has 1 aliphatic rings. The molecule has 2 atom stereocenters. The van der Waals surface area contributed by atoms with Crippen molar-refractivity contribution in [1.82, 2.24) is 4.98 Å². The van der Waals surface area contributed by atoms with Crippen LogP contribution in [0.3, 0.4) is 0 Å². The van der Waals surface area contributed by atoms with E-state index in [1.165, 1.54) is 12.3 Å². The van der Waals surface area contributed by atoms with Gasteiger partial charge in [-0.25, -0.2) is 9.78 Å². The van der Waals surface area contributed by atoms with Gasteiger partial charge in [-0.1, -0.05) is 6.92 Å². The van der Waals surface area contributed by atoms with E-state index in [2.05, 4.69) is 10.3 Å². The molecule has 2 unspecified atom stereocenters. The molecule has 96 valence electrons. The number of aromatic nitrogens is 1. The van der Waals surface area contributed by atoms with Crippen LogP contribution in [0, 0.1) is 5.92 Å². The molecule has 1 aromatic heterocycles. The van der Waals surface area contributed by atoms with Gasteiger partial charge in [-0.3, -0.25) is 4.79 Å². The number of amides is 1. The molecular weight excluding hydrogens is 236 g/mol. The van der Waals surface area contributed by atoms with E-state index in [-0.39, 0.29) is 23.2 Å². The largest absolute Gasteiger partial charge is 0.476 e. The van der Waals surface area contributed by atoms with E-state index < -0.39 is 12.1 Å². The van der Waals surface area contributed by atoms with Gasteiger partial charge in [0.05, 0.1) is 5.69 Å². The van der Waals surface area contributed by atoms with E-state index >= 15 is 0 Å². The van der Waals surface area contributed by atoms with Crippen molar-refractivity contribution in [3.63, 3.8) is 0 Å². The Morgan fingerprint density at radius 2 is 2.33 bits per heavy atom. The third kappa shape index (κ3) is 2.48. The molecule has 6 nitrogen and oxygen atoms in total. The van der Waals surface area contributed by atoms with E-state index in [0.717, 1.165) is 6.42 Å². The molecule has 0 spiro atoms. The van der Waals surface area contributed by atoms with Crippen LogP contribution in [0.1, 0.15) is 23.8 Å². The van der Waals surface area contributed by atoms with E-state index in [9.17, 15) is 9.59 Å². The van der Waals surface area contributed by atoms with Crippen molar-refractivity contribution < 1.29 is 19.4 Å². The van der Waals surface area contributed by atoms with E-state index in [4.69, 9.17) is 9.84 Å². The lowest BCUT2D eigenvalue weighted by atomic mass is 10.0. The number of carbonyl (C=O) groups excluding carboxylic acids is 1. The minimum absolute atomic E-state index is 0.134. The SMILES string of the molecule is CC1CCOC1C(=O)Nc1cccnc1C(=O)O. The topological polar surface area (TPSA) is 88.5 Å². The second kappa shape index (κ2) is 5.14. The Morgan fingerprint density at radius 3 is 2.94 bits per heavy atom. The molecule has 2 rings (SSSR count). The minimum atomic E-state index is -1.17. The van der Waals surface area contributed by atoms with Crippen LogP contribution in [0.25, 0.3) is 0 Å². The maximum atomic E-state index is 11.9. The summed E-state index contributed by atoms with van der Waals surface area (Å²) < 4.78 is 5.32. The second-order valence-electron chi connectivity index (χ2n) is 4.25. The number of anilines is 1. The van der Waals surface area contributed by atoms with Gasteiger partial charge in [-0.05, 0) is 24.5 Å². The first kappa shape index (κ1) is 12.5. The predicted molar refractivity (Wildman–Crippen MR) is 63.3 cm³/mol. The van der Waals surface area contributed by atoms with Crippen LogP contribution in [-0.4, -0.2) is 34.7 Å². The third-order valence-corrected chi connectivity index (χ3v) is 2.91. The highest BCUT2D eigenvalue weighted by Crippen LogP contribution is 2.22. The normalized spacial score (nSPS) is 22.7. The maximum absolute atomic E-state index is 11.9. The number of rotatable bonds is 3. The molecule has 0 radical (unpaired) electrons. The Morgan fingerprint density at radius 1 is 1.56 bits per heavy atom. The third-order valence-electron chi connectivity index (χ3n) is 2.91. The number of carbonyl (C=O) groups is 2.